The summed E-state index contributed by atoms with van der Waals surface area (Å²) in [5, 5.41) is 35.5. The lowest BCUT2D eigenvalue weighted by atomic mass is 9.46. The van der Waals surface area contributed by atoms with Gasteiger partial charge in [0.2, 0.25) is 0 Å². The van der Waals surface area contributed by atoms with Gasteiger partial charge in [-0.15, -0.1) is 0 Å². The van der Waals surface area contributed by atoms with E-state index in [1.807, 2.05) is 0 Å². The highest BCUT2D eigenvalue weighted by molar-refractivity contribution is 5.85. The number of fused-ring (bicyclic) bond motifs is 12. The van der Waals surface area contributed by atoms with E-state index in [0.29, 0.717) is 24.0 Å². The molecule has 0 amide bonds. The van der Waals surface area contributed by atoms with E-state index in [0.717, 1.165) is 48.3 Å². The number of aliphatic carboxylic acids is 2. The molecule has 5 saturated carbocycles. The molecule has 0 aromatic carbocycles. The van der Waals surface area contributed by atoms with Crippen LogP contribution in [0.2, 0.25) is 0 Å². The van der Waals surface area contributed by atoms with Gasteiger partial charge in [0.15, 0.2) is 0 Å². The third-order valence-corrected chi connectivity index (χ3v) is 9.94. The van der Waals surface area contributed by atoms with E-state index in [2.05, 4.69) is 13.2 Å². The summed E-state index contributed by atoms with van der Waals surface area (Å²) in [6, 6.07) is 0. The minimum Gasteiger partial charge on any atom is -0.478 e. The Morgan fingerprint density at radius 2 is 1.45 bits per heavy atom. The number of carbonyl (C=O) groups is 2. The molecule has 5 fully saturated rings. The van der Waals surface area contributed by atoms with Gasteiger partial charge in [0.25, 0.3) is 0 Å². The maximum absolute atomic E-state index is 9.89. The second-order valence-corrected chi connectivity index (χ2v) is 11.2. The molecule has 8 unspecified atom stereocenters. The molecule has 5 aliphatic rings. The molecule has 4 bridgehead atoms. The van der Waals surface area contributed by atoms with Crippen molar-refractivity contribution in [2.24, 2.45) is 46.3 Å². The summed E-state index contributed by atoms with van der Waals surface area (Å²) in [7, 11) is 0. The first-order chi connectivity index (χ1) is 15.6. The first-order valence-electron chi connectivity index (χ1n) is 12.6. The lowest BCUT2D eigenvalue weighted by Gasteiger charge is -2.58. The summed E-state index contributed by atoms with van der Waals surface area (Å²) in [6.45, 7) is 9.94. The number of hydrogen-bond acceptors (Lipinski definition) is 4. The molecule has 4 N–H and O–H groups in total. The molecule has 5 rings (SSSR count). The molecule has 186 valence electrons. The lowest BCUT2D eigenvalue weighted by molar-refractivity contribution is -0.133. The van der Waals surface area contributed by atoms with Gasteiger partial charge in [0.1, 0.15) is 0 Å². The van der Waals surface area contributed by atoms with Crippen LogP contribution in [0, 0.1) is 46.3 Å². The summed E-state index contributed by atoms with van der Waals surface area (Å²) >= 11 is 0. The Kier molecular flexibility index (Phi) is 7.79. The number of carboxylic acid groups (broad SMARTS) is 2. The second kappa shape index (κ2) is 9.91. The minimum absolute atomic E-state index is 0.176. The first kappa shape index (κ1) is 26.0. The molecular formula is C27H42O6. The van der Waals surface area contributed by atoms with E-state index in [-0.39, 0.29) is 11.1 Å². The number of aliphatic hydroxyl groups is 2. The van der Waals surface area contributed by atoms with Gasteiger partial charge in [0, 0.05) is 24.4 Å². The Bertz CT molecular complexity index is 741. The molecule has 6 nitrogen and oxygen atoms in total. The molecule has 0 spiro atoms. The normalized spacial score (nSPS) is 40.7. The van der Waals surface area contributed by atoms with Gasteiger partial charge in [-0.25, -0.2) is 9.59 Å². The van der Waals surface area contributed by atoms with Crippen molar-refractivity contribution in [1.82, 2.24) is 0 Å². The minimum atomic E-state index is -0.935. The molecule has 0 radical (unpaired) electrons. The van der Waals surface area contributed by atoms with Gasteiger partial charge in [-0.05, 0) is 112 Å². The van der Waals surface area contributed by atoms with Crippen LogP contribution in [-0.4, -0.2) is 45.6 Å². The summed E-state index contributed by atoms with van der Waals surface area (Å²) in [6.07, 6.45) is 12.1. The summed E-state index contributed by atoms with van der Waals surface area (Å²) in [5.74, 6) is 3.70. The van der Waals surface area contributed by atoms with Crippen LogP contribution in [0.25, 0.3) is 0 Å². The maximum atomic E-state index is 9.89. The zero-order valence-electron chi connectivity index (χ0n) is 20.3. The molecule has 0 aliphatic heterocycles. The van der Waals surface area contributed by atoms with Crippen molar-refractivity contribution in [3.05, 3.63) is 24.3 Å². The number of hydrogen-bond donors (Lipinski definition) is 4. The van der Waals surface area contributed by atoms with E-state index in [4.69, 9.17) is 10.2 Å². The van der Waals surface area contributed by atoms with Crippen molar-refractivity contribution in [1.29, 1.82) is 0 Å². The van der Waals surface area contributed by atoms with Gasteiger partial charge in [-0.3, -0.25) is 0 Å². The van der Waals surface area contributed by atoms with Crippen LogP contribution in [0.3, 0.4) is 0 Å². The van der Waals surface area contributed by atoms with Gasteiger partial charge in [-0.1, -0.05) is 19.6 Å². The molecule has 6 heteroatoms. The second-order valence-electron chi connectivity index (χ2n) is 11.2. The van der Waals surface area contributed by atoms with E-state index in [9.17, 15) is 19.8 Å². The van der Waals surface area contributed by atoms with Gasteiger partial charge in [-0.2, -0.15) is 0 Å². The van der Waals surface area contributed by atoms with Gasteiger partial charge < -0.3 is 20.4 Å². The summed E-state index contributed by atoms with van der Waals surface area (Å²) < 4.78 is 0. The molecule has 33 heavy (non-hydrogen) atoms. The Morgan fingerprint density at radius 1 is 0.879 bits per heavy atom. The van der Waals surface area contributed by atoms with Crippen LogP contribution in [0.5, 0.6) is 0 Å². The third-order valence-electron chi connectivity index (χ3n) is 9.94. The van der Waals surface area contributed by atoms with Crippen LogP contribution < -0.4 is 0 Å². The van der Waals surface area contributed by atoms with E-state index < -0.39 is 11.9 Å². The average Bonchev–Trinajstić information content (AvgIpc) is 3.53. The molecule has 0 heterocycles. The fourth-order valence-corrected chi connectivity index (χ4v) is 9.34. The lowest BCUT2D eigenvalue weighted by Crippen LogP contribution is -2.53. The molecule has 0 aromatic rings. The molecule has 5 aliphatic carbocycles. The first-order valence-corrected chi connectivity index (χ1v) is 12.6. The van der Waals surface area contributed by atoms with E-state index in [1.54, 1.807) is 0 Å². The van der Waals surface area contributed by atoms with Gasteiger partial charge in [0.05, 0.1) is 0 Å². The maximum Gasteiger partial charge on any atom is 0.330 e. The standard InChI is InChI=1S/C19H30O2.2C4H6O2/c20-8-6-18-11-15(14-2-1-3-16(14)18)17-12-4-5-13(10-12)19(17,18)7-9-21;2*1-3(2)4(5)6/h12-17,20-21H,1-11H2;2*1H2,2H3,(H,5,6). The smallest absolute Gasteiger partial charge is 0.330 e. The van der Waals surface area contributed by atoms with Crippen LogP contribution in [0.1, 0.15) is 71.6 Å². The number of rotatable bonds is 6. The van der Waals surface area contributed by atoms with Gasteiger partial charge >= 0.3 is 11.9 Å². The zero-order valence-corrected chi connectivity index (χ0v) is 20.3. The number of carboxylic acids is 2. The highest BCUT2D eigenvalue weighted by Gasteiger charge is 2.78. The monoisotopic (exact) mass is 462 g/mol. The van der Waals surface area contributed by atoms with Crippen molar-refractivity contribution in [2.75, 3.05) is 13.2 Å². The molecule has 8 atom stereocenters. The number of aliphatic hydroxyl groups excluding tert-OH is 2. The third kappa shape index (κ3) is 4.07. The largest absolute Gasteiger partial charge is 0.478 e. The summed E-state index contributed by atoms with van der Waals surface area (Å²) in [4.78, 5) is 19.2. The SMILES string of the molecule is C=C(C)C(=O)O.C=C(C)C(=O)O.OCCC12CC(C3CCCC31)C1C3CCC(C3)C12CCO. The Labute approximate surface area is 197 Å². The predicted octanol–water partition coefficient (Wildman–Crippen LogP) is 4.51. The fourth-order valence-electron chi connectivity index (χ4n) is 9.34. The Hall–Kier alpha value is -1.66. The van der Waals surface area contributed by atoms with Crippen LogP contribution in [0.4, 0.5) is 0 Å². The molecule has 0 saturated heterocycles. The van der Waals surface area contributed by atoms with Crippen molar-refractivity contribution >= 4 is 11.9 Å². The van der Waals surface area contributed by atoms with Crippen molar-refractivity contribution in [3.8, 4) is 0 Å². The van der Waals surface area contributed by atoms with E-state index in [1.165, 1.54) is 58.8 Å². The Morgan fingerprint density at radius 3 is 1.97 bits per heavy atom. The van der Waals surface area contributed by atoms with Crippen LogP contribution >= 0.6 is 0 Å². The fraction of sp³-hybridized carbons (Fsp3) is 0.778. The Balaban J connectivity index is 0.000000215. The van der Waals surface area contributed by atoms with Crippen molar-refractivity contribution in [2.45, 2.75) is 71.6 Å². The molecule has 0 aromatic heterocycles. The van der Waals surface area contributed by atoms with Crippen LogP contribution in [-0.2, 0) is 9.59 Å². The zero-order chi connectivity index (χ0) is 24.6. The topological polar surface area (TPSA) is 115 Å². The highest BCUT2D eigenvalue weighted by atomic mass is 16.4. The predicted molar refractivity (Wildman–Crippen MR) is 126 cm³/mol. The average molecular weight is 463 g/mol. The molecular weight excluding hydrogens is 420 g/mol. The quantitative estimate of drug-likeness (QED) is 0.341. The van der Waals surface area contributed by atoms with E-state index >= 15 is 0 Å². The summed E-state index contributed by atoms with van der Waals surface area (Å²) in [5.41, 5.74) is 1.18. The highest BCUT2D eigenvalue weighted by Crippen LogP contribution is 2.84. The van der Waals surface area contributed by atoms with Crippen LogP contribution in [0.15, 0.2) is 24.3 Å². The van der Waals surface area contributed by atoms with Crippen molar-refractivity contribution in [3.63, 3.8) is 0 Å². The van der Waals surface area contributed by atoms with Crippen molar-refractivity contribution < 1.29 is 30.0 Å².